The van der Waals surface area contributed by atoms with E-state index in [1.165, 1.54) is 0 Å². The van der Waals surface area contributed by atoms with Gasteiger partial charge in [0.25, 0.3) is 0 Å². The molecule has 0 amide bonds. The van der Waals surface area contributed by atoms with Crippen LogP contribution in [-0.4, -0.2) is 32.9 Å². The van der Waals surface area contributed by atoms with Crippen molar-refractivity contribution >= 4 is 8.80 Å². The highest BCUT2D eigenvalue weighted by Crippen LogP contribution is 2.37. The van der Waals surface area contributed by atoms with Crippen molar-refractivity contribution in [3.63, 3.8) is 0 Å². The Morgan fingerprint density at radius 1 is 0.947 bits per heavy atom. The van der Waals surface area contributed by atoms with E-state index in [2.05, 4.69) is 0 Å². The van der Waals surface area contributed by atoms with Crippen molar-refractivity contribution in [2.24, 2.45) is 0 Å². The Morgan fingerprint density at radius 3 is 1.89 bits per heavy atom. The topological polar surface area (TPSA) is 36.9 Å². The molecule has 0 spiro atoms. The summed E-state index contributed by atoms with van der Waals surface area (Å²) < 4.78 is 24.4. The largest absolute Gasteiger partial charge is 0.503 e. The highest BCUT2D eigenvalue weighted by Gasteiger charge is 2.52. The van der Waals surface area contributed by atoms with E-state index in [1.54, 1.807) is 0 Å². The summed E-state index contributed by atoms with van der Waals surface area (Å²) in [5, 5.41) is 0. The summed E-state index contributed by atoms with van der Waals surface area (Å²) in [6.45, 7) is 14.2. The lowest BCUT2D eigenvalue weighted by Crippen LogP contribution is -2.58. The van der Waals surface area contributed by atoms with Gasteiger partial charge in [0.2, 0.25) is 0 Å². The molecule has 0 aromatic rings. The Labute approximate surface area is 119 Å². The predicted octanol–water partition coefficient (Wildman–Crippen LogP) is 3.73. The van der Waals surface area contributed by atoms with E-state index in [0.717, 1.165) is 18.9 Å². The summed E-state index contributed by atoms with van der Waals surface area (Å²) in [5.74, 6) is -0.581. The van der Waals surface area contributed by atoms with Gasteiger partial charge in [-0.15, -0.1) is 0 Å². The fourth-order valence-electron chi connectivity index (χ4n) is 2.55. The smallest absolute Gasteiger partial charge is 0.371 e. The van der Waals surface area contributed by atoms with Crippen LogP contribution in [0.25, 0.3) is 0 Å². The Hall–Kier alpha value is 0.0569. The Bertz CT molecular complexity index is 271. The normalized spacial score (nSPS) is 27.5. The molecule has 0 aromatic heterocycles. The van der Waals surface area contributed by atoms with Crippen molar-refractivity contribution in [1.82, 2.24) is 0 Å². The molecule has 0 aliphatic carbocycles. The first-order valence-electron chi connectivity index (χ1n) is 7.40. The van der Waals surface area contributed by atoms with Gasteiger partial charge in [0.1, 0.15) is 0 Å². The van der Waals surface area contributed by atoms with Crippen LogP contribution in [-0.2, 0) is 18.0 Å². The number of hydrogen-bond acceptors (Lipinski definition) is 4. The molecule has 0 N–H and O–H groups in total. The second kappa shape index (κ2) is 6.67. The minimum Gasteiger partial charge on any atom is -0.371 e. The maximum atomic E-state index is 6.27. The SMILES string of the molecule is CC(C)OC1(C)CCC[Si](OC(C)C)(OC(C)C)O1. The lowest BCUT2D eigenvalue weighted by atomic mass is 10.2. The maximum absolute atomic E-state index is 6.27. The van der Waals surface area contributed by atoms with Crippen molar-refractivity contribution in [2.75, 3.05) is 0 Å². The zero-order valence-electron chi connectivity index (χ0n) is 13.5. The van der Waals surface area contributed by atoms with Crippen LogP contribution in [0.1, 0.15) is 61.3 Å². The summed E-state index contributed by atoms with van der Waals surface area (Å²) in [5.41, 5.74) is 0. The Morgan fingerprint density at radius 2 is 1.47 bits per heavy atom. The number of rotatable bonds is 6. The van der Waals surface area contributed by atoms with Gasteiger partial charge in [-0.2, -0.15) is 0 Å². The van der Waals surface area contributed by atoms with Crippen LogP contribution in [0.2, 0.25) is 6.04 Å². The molecule has 1 aliphatic heterocycles. The van der Waals surface area contributed by atoms with E-state index < -0.39 is 14.6 Å². The van der Waals surface area contributed by atoms with Crippen molar-refractivity contribution in [2.45, 2.75) is 91.5 Å². The van der Waals surface area contributed by atoms with Gasteiger partial charge in [0.15, 0.2) is 5.79 Å². The molecule has 1 unspecified atom stereocenters. The number of hydrogen-bond donors (Lipinski definition) is 0. The first-order valence-corrected chi connectivity index (χ1v) is 9.33. The van der Waals surface area contributed by atoms with Gasteiger partial charge in [-0.1, -0.05) is 0 Å². The van der Waals surface area contributed by atoms with Gasteiger partial charge in [-0.3, -0.25) is 0 Å². The maximum Gasteiger partial charge on any atom is 0.503 e. The van der Waals surface area contributed by atoms with Crippen LogP contribution in [0, 0.1) is 0 Å². The molecule has 1 atom stereocenters. The Balaban J connectivity index is 2.84. The summed E-state index contributed by atoms with van der Waals surface area (Å²) in [6, 6.07) is 0.875. The van der Waals surface area contributed by atoms with Crippen LogP contribution in [0.5, 0.6) is 0 Å². The van der Waals surface area contributed by atoms with Crippen molar-refractivity contribution in [1.29, 1.82) is 0 Å². The van der Waals surface area contributed by atoms with Gasteiger partial charge < -0.3 is 18.0 Å². The number of ether oxygens (including phenoxy) is 1. The molecule has 5 heteroatoms. The molecular weight excluding hydrogens is 260 g/mol. The van der Waals surface area contributed by atoms with Gasteiger partial charge in [-0.25, -0.2) is 0 Å². The van der Waals surface area contributed by atoms with E-state index in [0.29, 0.717) is 0 Å². The average Bonchev–Trinajstić information content (AvgIpc) is 2.10. The van der Waals surface area contributed by atoms with E-state index in [4.69, 9.17) is 18.0 Å². The minimum absolute atomic E-state index is 0.104. The van der Waals surface area contributed by atoms with E-state index >= 15 is 0 Å². The fourth-order valence-corrected chi connectivity index (χ4v) is 5.89. The van der Waals surface area contributed by atoms with E-state index in [-0.39, 0.29) is 18.3 Å². The molecule has 1 aliphatic rings. The van der Waals surface area contributed by atoms with Crippen LogP contribution < -0.4 is 0 Å². The highest BCUT2D eigenvalue weighted by atomic mass is 28.4. The summed E-state index contributed by atoms with van der Waals surface area (Å²) >= 11 is 0. The minimum atomic E-state index is -2.64. The monoisotopic (exact) mass is 290 g/mol. The molecule has 0 radical (unpaired) electrons. The quantitative estimate of drug-likeness (QED) is 0.699. The predicted molar refractivity (Wildman–Crippen MR) is 77.9 cm³/mol. The zero-order valence-corrected chi connectivity index (χ0v) is 14.5. The van der Waals surface area contributed by atoms with Gasteiger partial charge in [0.05, 0.1) is 6.10 Å². The molecule has 4 nitrogen and oxygen atoms in total. The molecule has 114 valence electrons. The molecule has 0 bridgehead atoms. The molecule has 1 heterocycles. The van der Waals surface area contributed by atoms with Crippen molar-refractivity contribution < 1.29 is 18.0 Å². The van der Waals surface area contributed by atoms with E-state index in [1.807, 2.05) is 48.5 Å². The van der Waals surface area contributed by atoms with Crippen molar-refractivity contribution in [3.8, 4) is 0 Å². The van der Waals surface area contributed by atoms with Crippen molar-refractivity contribution in [3.05, 3.63) is 0 Å². The molecule has 1 rings (SSSR count). The molecule has 1 saturated heterocycles. The fraction of sp³-hybridized carbons (Fsp3) is 1.00. The van der Waals surface area contributed by atoms with Crippen LogP contribution in [0.15, 0.2) is 0 Å². The second-order valence-corrected chi connectivity index (χ2v) is 8.81. The third kappa shape index (κ3) is 5.51. The Kier molecular flexibility index (Phi) is 6.01. The molecule has 19 heavy (non-hydrogen) atoms. The van der Waals surface area contributed by atoms with Gasteiger partial charge in [0, 0.05) is 24.7 Å². The second-order valence-electron chi connectivity index (χ2n) is 6.27. The molecule has 0 saturated carbocycles. The van der Waals surface area contributed by atoms with E-state index in [9.17, 15) is 0 Å². The lowest BCUT2D eigenvalue weighted by Gasteiger charge is -2.45. The van der Waals surface area contributed by atoms with Gasteiger partial charge in [-0.05, 0) is 54.9 Å². The van der Waals surface area contributed by atoms with Crippen LogP contribution in [0.4, 0.5) is 0 Å². The average molecular weight is 290 g/mol. The summed E-state index contributed by atoms with van der Waals surface area (Å²) in [6.07, 6.45) is 2.25. The lowest BCUT2D eigenvalue weighted by molar-refractivity contribution is -0.232. The highest BCUT2D eigenvalue weighted by molar-refractivity contribution is 6.61. The summed E-state index contributed by atoms with van der Waals surface area (Å²) in [4.78, 5) is 0. The van der Waals surface area contributed by atoms with Gasteiger partial charge >= 0.3 is 8.80 Å². The third-order valence-electron chi connectivity index (χ3n) is 2.80. The van der Waals surface area contributed by atoms with Crippen LogP contribution in [0.3, 0.4) is 0 Å². The molecule has 0 aromatic carbocycles. The summed E-state index contributed by atoms with van der Waals surface area (Å²) in [7, 11) is -2.64. The zero-order chi connectivity index (χ0) is 14.7. The van der Waals surface area contributed by atoms with Crippen LogP contribution >= 0.6 is 0 Å². The first kappa shape index (κ1) is 17.1. The third-order valence-corrected chi connectivity index (χ3v) is 6.17. The standard InChI is InChI=1S/C14H30O4Si/c1-11(2)15-14(7)9-8-10-19(18-14,16-12(3)4)17-13(5)6/h11-13H,8-10H2,1-7H3. The molecular formula is C14H30O4Si. The first-order chi connectivity index (χ1) is 8.66. The molecule has 1 fully saturated rings.